The monoisotopic (exact) mass is 310 g/mol. The Bertz CT molecular complexity index is 493. The Hall–Kier alpha value is -1.07. The summed E-state index contributed by atoms with van der Waals surface area (Å²) in [5.74, 6) is 0.448. The molecule has 1 aromatic carbocycles. The number of amides is 1. The van der Waals surface area contributed by atoms with Crippen LogP contribution in [-0.2, 0) is 4.79 Å². The van der Waals surface area contributed by atoms with Crippen molar-refractivity contribution in [1.82, 2.24) is 5.32 Å². The molecule has 0 bridgehead atoms. The minimum absolute atomic E-state index is 0.199. The SMILES string of the molecule is CC(CCCCSc1cccc(F)c1)(NC1CC1)C(N)=O. The number of nitrogens with one attached hydrogen (secondary N) is 1. The predicted octanol–water partition coefficient (Wildman–Crippen LogP) is 3.08. The molecule has 1 atom stereocenters. The first-order chi connectivity index (χ1) is 9.99. The van der Waals surface area contributed by atoms with Gasteiger partial charge >= 0.3 is 0 Å². The molecular formula is C16H23FN2OS. The van der Waals surface area contributed by atoms with E-state index >= 15 is 0 Å². The molecule has 116 valence electrons. The van der Waals surface area contributed by atoms with Gasteiger partial charge in [-0.2, -0.15) is 0 Å². The fraction of sp³-hybridized carbons (Fsp3) is 0.562. The van der Waals surface area contributed by atoms with Crippen molar-refractivity contribution in [3.8, 4) is 0 Å². The van der Waals surface area contributed by atoms with E-state index in [1.165, 1.54) is 6.07 Å². The molecular weight excluding hydrogens is 287 g/mol. The van der Waals surface area contributed by atoms with Crippen molar-refractivity contribution in [3.05, 3.63) is 30.1 Å². The average molecular weight is 310 g/mol. The van der Waals surface area contributed by atoms with Gasteiger partial charge in [0.15, 0.2) is 0 Å². The van der Waals surface area contributed by atoms with Gasteiger partial charge in [-0.1, -0.05) is 12.5 Å². The van der Waals surface area contributed by atoms with E-state index in [2.05, 4.69) is 5.32 Å². The Morgan fingerprint density at radius 2 is 2.24 bits per heavy atom. The van der Waals surface area contributed by atoms with Gasteiger partial charge in [-0.05, 0) is 56.6 Å². The lowest BCUT2D eigenvalue weighted by Gasteiger charge is -2.27. The first-order valence-electron chi connectivity index (χ1n) is 7.45. The Balaban J connectivity index is 1.69. The molecule has 0 saturated heterocycles. The van der Waals surface area contributed by atoms with E-state index in [1.807, 2.05) is 13.0 Å². The molecule has 1 saturated carbocycles. The number of benzene rings is 1. The van der Waals surface area contributed by atoms with Crippen LogP contribution in [-0.4, -0.2) is 23.2 Å². The molecule has 1 unspecified atom stereocenters. The first-order valence-corrected chi connectivity index (χ1v) is 8.44. The van der Waals surface area contributed by atoms with E-state index in [1.54, 1.807) is 23.9 Å². The summed E-state index contributed by atoms with van der Waals surface area (Å²) in [6.45, 7) is 1.90. The molecule has 21 heavy (non-hydrogen) atoms. The van der Waals surface area contributed by atoms with E-state index in [4.69, 9.17) is 5.73 Å². The largest absolute Gasteiger partial charge is 0.368 e. The molecule has 3 nitrogen and oxygen atoms in total. The van der Waals surface area contributed by atoms with Crippen molar-refractivity contribution in [3.63, 3.8) is 0 Å². The standard InChI is InChI=1S/C16H23FN2OS/c1-16(15(18)20,19-13-7-8-13)9-2-3-10-21-14-6-4-5-12(17)11-14/h4-6,11,13,19H,2-3,7-10H2,1H3,(H2,18,20). The lowest BCUT2D eigenvalue weighted by molar-refractivity contribution is -0.124. The maximum atomic E-state index is 13.0. The zero-order valence-electron chi connectivity index (χ0n) is 12.4. The Morgan fingerprint density at radius 1 is 1.48 bits per heavy atom. The zero-order chi connectivity index (χ0) is 15.3. The van der Waals surface area contributed by atoms with Crippen LogP contribution >= 0.6 is 11.8 Å². The number of unbranched alkanes of at least 4 members (excludes halogenated alkanes) is 1. The van der Waals surface area contributed by atoms with Crippen molar-refractivity contribution >= 4 is 17.7 Å². The van der Waals surface area contributed by atoms with Crippen LogP contribution in [0.2, 0.25) is 0 Å². The van der Waals surface area contributed by atoms with E-state index < -0.39 is 5.54 Å². The molecule has 0 spiro atoms. The quantitative estimate of drug-likeness (QED) is 0.544. The number of halogens is 1. The molecule has 1 aromatic rings. The molecule has 0 heterocycles. The fourth-order valence-corrected chi connectivity index (χ4v) is 3.23. The topological polar surface area (TPSA) is 55.1 Å². The van der Waals surface area contributed by atoms with Crippen molar-refractivity contribution in [2.45, 2.75) is 55.5 Å². The summed E-state index contributed by atoms with van der Waals surface area (Å²) in [6.07, 6.45) is 4.94. The number of hydrogen-bond acceptors (Lipinski definition) is 3. The zero-order valence-corrected chi connectivity index (χ0v) is 13.2. The summed E-state index contributed by atoms with van der Waals surface area (Å²) >= 11 is 1.64. The smallest absolute Gasteiger partial charge is 0.237 e. The van der Waals surface area contributed by atoms with Gasteiger partial charge < -0.3 is 11.1 Å². The van der Waals surface area contributed by atoms with Crippen LogP contribution in [0.4, 0.5) is 4.39 Å². The van der Waals surface area contributed by atoms with Crippen molar-refractivity contribution in [1.29, 1.82) is 0 Å². The molecule has 1 amide bonds. The summed E-state index contributed by atoms with van der Waals surface area (Å²) in [5.41, 5.74) is 4.93. The first kappa shape index (κ1) is 16.3. The van der Waals surface area contributed by atoms with Gasteiger partial charge in [-0.15, -0.1) is 11.8 Å². The number of carbonyl (C=O) groups is 1. The van der Waals surface area contributed by atoms with Gasteiger partial charge in [0.25, 0.3) is 0 Å². The van der Waals surface area contributed by atoms with Crippen LogP contribution < -0.4 is 11.1 Å². The second kappa shape index (κ2) is 7.27. The second-order valence-electron chi connectivity index (χ2n) is 5.88. The van der Waals surface area contributed by atoms with Crippen molar-refractivity contribution in [2.75, 3.05) is 5.75 Å². The van der Waals surface area contributed by atoms with E-state index in [0.29, 0.717) is 6.04 Å². The van der Waals surface area contributed by atoms with E-state index in [-0.39, 0.29) is 11.7 Å². The van der Waals surface area contributed by atoms with Gasteiger partial charge in [-0.25, -0.2) is 4.39 Å². The van der Waals surface area contributed by atoms with Gasteiger partial charge in [0.2, 0.25) is 5.91 Å². The van der Waals surface area contributed by atoms with Crippen LogP contribution in [0.5, 0.6) is 0 Å². The highest BCUT2D eigenvalue weighted by atomic mass is 32.2. The number of thioether (sulfide) groups is 1. The molecule has 2 rings (SSSR count). The van der Waals surface area contributed by atoms with Crippen LogP contribution in [0.15, 0.2) is 29.2 Å². The van der Waals surface area contributed by atoms with Gasteiger partial charge in [0, 0.05) is 10.9 Å². The third kappa shape index (κ3) is 5.32. The summed E-state index contributed by atoms with van der Waals surface area (Å²) < 4.78 is 13.0. The molecule has 3 N–H and O–H groups in total. The number of primary amides is 1. The summed E-state index contributed by atoms with van der Waals surface area (Å²) in [7, 11) is 0. The van der Waals surface area contributed by atoms with E-state index in [9.17, 15) is 9.18 Å². The maximum Gasteiger partial charge on any atom is 0.237 e. The maximum absolute atomic E-state index is 13.0. The molecule has 1 aliphatic carbocycles. The summed E-state index contributed by atoms with van der Waals surface area (Å²) in [4.78, 5) is 12.6. The Labute approximate surface area is 129 Å². The minimum Gasteiger partial charge on any atom is -0.368 e. The summed E-state index contributed by atoms with van der Waals surface area (Å²) in [5, 5.41) is 3.35. The van der Waals surface area contributed by atoms with Crippen LogP contribution in [0, 0.1) is 5.82 Å². The van der Waals surface area contributed by atoms with Gasteiger partial charge in [-0.3, -0.25) is 4.79 Å². The highest BCUT2D eigenvalue weighted by Crippen LogP contribution is 2.26. The van der Waals surface area contributed by atoms with Gasteiger partial charge in [0.1, 0.15) is 5.82 Å². The Morgan fingerprint density at radius 3 is 2.86 bits per heavy atom. The highest BCUT2D eigenvalue weighted by molar-refractivity contribution is 7.99. The summed E-state index contributed by atoms with van der Waals surface area (Å²) in [6, 6.07) is 7.10. The van der Waals surface area contributed by atoms with Gasteiger partial charge in [0.05, 0.1) is 5.54 Å². The highest BCUT2D eigenvalue weighted by Gasteiger charge is 2.36. The molecule has 5 heteroatoms. The molecule has 0 radical (unpaired) electrons. The van der Waals surface area contributed by atoms with Crippen LogP contribution in [0.25, 0.3) is 0 Å². The number of nitrogens with two attached hydrogens (primary N) is 1. The third-order valence-electron chi connectivity index (χ3n) is 3.78. The number of hydrogen-bond donors (Lipinski definition) is 2. The van der Waals surface area contributed by atoms with Crippen molar-refractivity contribution < 1.29 is 9.18 Å². The lowest BCUT2D eigenvalue weighted by Crippen LogP contribution is -2.53. The predicted molar refractivity (Wildman–Crippen MR) is 84.7 cm³/mol. The third-order valence-corrected chi connectivity index (χ3v) is 4.86. The molecule has 1 aliphatic rings. The van der Waals surface area contributed by atoms with Crippen LogP contribution in [0.3, 0.4) is 0 Å². The molecule has 0 aromatic heterocycles. The number of rotatable bonds is 9. The number of carbonyl (C=O) groups excluding carboxylic acids is 1. The van der Waals surface area contributed by atoms with Crippen LogP contribution in [0.1, 0.15) is 39.0 Å². The van der Waals surface area contributed by atoms with E-state index in [0.717, 1.165) is 42.8 Å². The van der Waals surface area contributed by atoms with Crippen molar-refractivity contribution in [2.24, 2.45) is 5.73 Å². The minimum atomic E-state index is -0.593. The molecule has 0 aliphatic heterocycles. The normalized spacial score (nSPS) is 17.4. The fourth-order valence-electron chi connectivity index (χ4n) is 2.27. The Kier molecular flexibility index (Phi) is 5.65. The lowest BCUT2D eigenvalue weighted by atomic mass is 9.94. The average Bonchev–Trinajstić information content (AvgIpc) is 3.22. The second-order valence-corrected chi connectivity index (χ2v) is 7.05. The molecule has 1 fully saturated rings.